The first-order valence-electron chi connectivity index (χ1n) is 12.7. The van der Waals surface area contributed by atoms with Gasteiger partial charge in [-0.25, -0.2) is 13.2 Å². The minimum Gasteiger partial charge on any atom is -0.478 e. The minimum atomic E-state index is -3.60. The van der Waals surface area contributed by atoms with Crippen molar-refractivity contribution < 1.29 is 18.3 Å². The summed E-state index contributed by atoms with van der Waals surface area (Å²) in [7, 11) is -3.60. The number of para-hydroxylation sites is 1. The molecule has 3 aromatic carbocycles. The monoisotopic (exact) mass is 507 g/mol. The highest BCUT2D eigenvalue weighted by molar-refractivity contribution is 7.92. The number of sulfone groups is 1. The van der Waals surface area contributed by atoms with E-state index in [9.17, 15) is 13.2 Å². The smallest absolute Gasteiger partial charge is 0.335 e. The van der Waals surface area contributed by atoms with Crippen molar-refractivity contribution in [2.24, 2.45) is 0 Å². The molecule has 2 N–H and O–H groups in total. The Bertz CT molecular complexity index is 1270. The minimum absolute atomic E-state index is 0.267. The Hall–Kier alpha value is -3.12. The molecule has 1 unspecified atom stereocenters. The zero-order valence-corrected chi connectivity index (χ0v) is 22.3. The summed E-state index contributed by atoms with van der Waals surface area (Å²) in [5, 5.41) is 11.8. The van der Waals surface area contributed by atoms with E-state index < -0.39 is 21.2 Å². The number of anilines is 1. The van der Waals surface area contributed by atoms with Gasteiger partial charge in [-0.3, -0.25) is 0 Å². The van der Waals surface area contributed by atoms with Crippen molar-refractivity contribution in [3.05, 3.63) is 94.5 Å². The van der Waals surface area contributed by atoms with Crippen LogP contribution in [0.5, 0.6) is 0 Å². The standard InChI is InChI=1S/C30H37NO4S/c1-4-5-6-7-12-29(36(34,35)28-20-13-22(2)21-23(28)3)31-27-11-9-8-10-25(27)17-14-24-15-18-26(19-16-24)30(32)33/h8-11,13,15-16,18-21,29,31H,4-7,12,14,17H2,1-3H3,(H,32,33). The Morgan fingerprint density at radius 3 is 2.31 bits per heavy atom. The maximum Gasteiger partial charge on any atom is 0.335 e. The lowest BCUT2D eigenvalue weighted by atomic mass is 10.0. The van der Waals surface area contributed by atoms with Gasteiger partial charge in [0.25, 0.3) is 0 Å². The molecular formula is C30H37NO4S. The van der Waals surface area contributed by atoms with Crippen molar-refractivity contribution in [3.63, 3.8) is 0 Å². The van der Waals surface area contributed by atoms with Gasteiger partial charge in [-0.05, 0) is 74.1 Å². The molecule has 36 heavy (non-hydrogen) atoms. The number of rotatable bonds is 13. The van der Waals surface area contributed by atoms with Crippen molar-refractivity contribution in [2.75, 3.05) is 5.32 Å². The predicted molar refractivity (Wildman–Crippen MR) is 147 cm³/mol. The third-order valence-corrected chi connectivity index (χ3v) is 8.72. The second-order valence-corrected chi connectivity index (χ2v) is 11.6. The van der Waals surface area contributed by atoms with Crippen LogP contribution in [0.25, 0.3) is 0 Å². The number of benzene rings is 3. The average molecular weight is 508 g/mol. The van der Waals surface area contributed by atoms with E-state index in [1.54, 1.807) is 18.2 Å². The molecule has 0 spiro atoms. The van der Waals surface area contributed by atoms with Crippen LogP contribution in [0.1, 0.15) is 71.6 Å². The van der Waals surface area contributed by atoms with Gasteiger partial charge >= 0.3 is 5.97 Å². The number of aromatic carboxylic acids is 1. The summed E-state index contributed by atoms with van der Waals surface area (Å²) < 4.78 is 27.6. The number of unbranched alkanes of at least 4 members (excludes halogenated alkanes) is 3. The SMILES string of the molecule is CCCCCCC(Nc1ccccc1CCc1ccc(C(=O)O)cc1)S(=O)(=O)c1ccc(C)cc1C. The molecule has 192 valence electrons. The molecule has 0 bridgehead atoms. The number of carboxylic acid groups (broad SMARTS) is 1. The van der Waals surface area contributed by atoms with Crippen molar-refractivity contribution in [1.29, 1.82) is 0 Å². The lowest BCUT2D eigenvalue weighted by Gasteiger charge is -2.23. The highest BCUT2D eigenvalue weighted by atomic mass is 32.2. The van der Waals surface area contributed by atoms with Crippen LogP contribution < -0.4 is 5.32 Å². The molecule has 0 heterocycles. The topological polar surface area (TPSA) is 83.5 Å². The maximum absolute atomic E-state index is 13.8. The van der Waals surface area contributed by atoms with Gasteiger partial charge in [0.15, 0.2) is 9.84 Å². The first kappa shape index (κ1) is 27.5. The van der Waals surface area contributed by atoms with Gasteiger partial charge in [-0.15, -0.1) is 0 Å². The molecule has 0 radical (unpaired) electrons. The number of nitrogens with one attached hydrogen (secondary N) is 1. The number of carbonyl (C=O) groups is 1. The molecule has 0 amide bonds. The second kappa shape index (κ2) is 12.7. The molecular weight excluding hydrogens is 470 g/mol. The molecule has 0 aromatic heterocycles. The van der Waals surface area contributed by atoms with E-state index >= 15 is 0 Å². The van der Waals surface area contributed by atoms with Gasteiger partial charge < -0.3 is 10.4 Å². The Labute approximate surface area is 215 Å². The van der Waals surface area contributed by atoms with E-state index in [0.717, 1.165) is 60.0 Å². The van der Waals surface area contributed by atoms with E-state index in [0.29, 0.717) is 17.7 Å². The molecule has 0 saturated carbocycles. The molecule has 3 aromatic rings. The Balaban J connectivity index is 1.83. The quantitative estimate of drug-likeness (QED) is 0.244. The fourth-order valence-electron chi connectivity index (χ4n) is 4.48. The molecule has 0 aliphatic rings. The summed E-state index contributed by atoms with van der Waals surface area (Å²) in [5.74, 6) is -0.939. The first-order valence-corrected chi connectivity index (χ1v) is 14.2. The molecule has 3 rings (SSSR count). The fourth-order valence-corrected chi connectivity index (χ4v) is 6.31. The van der Waals surface area contributed by atoms with E-state index in [-0.39, 0.29) is 5.56 Å². The Morgan fingerprint density at radius 1 is 0.917 bits per heavy atom. The lowest BCUT2D eigenvalue weighted by molar-refractivity contribution is 0.0697. The summed E-state index contributed by atoms with van der Waals surface area (Å²) >= 11 is 0. The number of carboxylic acids is 1. The van der Waals surface area contributed by atoms with Crippen molar-refractivity contribution in [1.82, 2.24) is 0 Å². The van der Waals surface area contributed by atoms with E-state index in [2.05, 4.69) is 12.2 Å². The summed E-state index contributed by atoms with van der Waals surface area (Å²) in [6, 6.07) is 20.3. The summed E-state index contributed by atoms with van der Waals surface area (Å²) in [6.07, 6.45) is 6.01. The van der Waals surface area contributed by atoms with Gasteiger partial charge in [0.2, 0.25) is 0 Å². The molecule has 0 aliphatic carbocycles. The highest BCUT2D eigenvalue weighted by Gasteiger charge is 2.29. The Morgan fingerprint density at radius 2 is 1.64 bits per heavy atom. The van der Waals surface area contributed by atoms with Gasteiger partial charge in [-0.1, -0.05) is 80.6 Å². The van der Waals surface area contributed by atoms with Crippen LogP contribution in [0.15, 0.2) is 71.6 Å². The molecule has 0 saturated heterocycles. The van der Waals surface area contributed by atoms with E-state index in [1.807, 2.05) is 62.4 Å². The van der Waals surface area contributed by atoms with Crippen LogP contribution in [0.3, 0.4) is 0 Å². The third kappa shape index (κ3) is 7.20. The normalized spacial score (nSPS) is 12.3. The van der Waals surface area contributed by atoms with Crippen molar-refractivity contribution >= 4 is 21.5 Å². The fraction of sp³-hybridized carbons (Fsp3) is 0.367. The largest absolute Gasteiger partial charge is 0.478 e. The van der Waals surface area contributed by atoms with Gasteiger partial charge in [0.05, 0.1) is 10.5 Å². The highest BCUT2D eigenvalue weighted by Crippen LogP contribution is 2.28. The van der Waals surface area contributed by atoms with Crippen molar-refractivity contribution in [3.8, 4) is 0 Å². The zero-order valence-electron chi connectivity index (χ0n) is 21.5. The van der Waals surface area contributed by atoms with Crippen molar-refractivity contribution in [2.45, 2.75) is 76.0 Å². The summed E-state index contributed by atoms with van der Waals surface area (Å²) in [4.78, 5) is 11.5. The van der Waals surface area contributed by atoms with Gasteiger partial charge in [0, 0.05) is 5.69 Å². The molecule has 6 heteroatoms. The van der Waals surface area contributed by atoms with Gasteiger partial charge in [-0.2, -0.15) is 0 Å². The molecule has 1 atom stereocenters. The predicted octanol–water partition coefficient (Wildman–Crippen LogP) is 6.97. The number of aryl methyl sites for hydroxylation is 4. The average Bonchev–Trinajstić information content (AvgIpc) is 2.85. The molecule has 0 aliphatic heterocycles. The zero-order chi connectivity index (χ0) is 26.1. The van der Waals surface area contributed by atoms with Gasteiger partial charge in [0.1, 0.15) is 5.37 Å². The summed E-state index contributed by atoms with van der Waals surface area (Å²) in [5.41, 5.74) is 4.98. The van der Waals surface area contributed by atoms with Crippen LogP contribution in [-0.2, 0) is 22.7 Å². The van der Waals surface area contributed by atoms with Crippen LogP contribution in [-0.4, -0.2) is 24.9 Å². The van der Waals surface area contributed by atoms with E-state index in [1.165, 1.54) is 0 Å². The lowest BCUT2D eigenvalue weighted by Crippen LogP contribution is -2.31. The number of hydrogen-bond donors (Lipinski definition) is 2. The van der Waals surface area contributed by atoms with Crippen LogP contribution in [0, 0.1) is 13.8 Å². The number of hydrogen-bond acceptors (Lipinski definition) is 4. The maximum atomic E-state index is 13.8. The Kier molecular flexibility index (Phi) is 9.71. The molecule has 0 fully saturated rings. The molecule has 5 nitrogen and oxygen atoms in total. The third-order valence-electron chi connectivity index (χ3n) is 6.55. The summed E-state index contributed by atoms with van der Waals surface area (Å²) in [6.45, 7) is 5.97. The first-order chi connectivity index (χ1) is 17.2. The van der Waals surface area contributed by atoms with Crippen LogP contribution >= 0.6 is 0 Å². The van der Waals surface area contributed by atoms with Crippen LogP contribution in [0.2, 0.25) is 0 Å². The second-order valence-electron chi connectivity index (χ2n) is 9.46. The van der Waals surface area contributed by atoms with Crippen LogP contribution in [0.4, 0.5) is 5.69 Å². The van der Waals surface area contributed by atoms with E-state index in [4.69, 9.17) is 5.11 Å².